The van der Waals surface area contributed by atoms with E-state index in [-0.39, 0.29) is 0 Å². The molecule has 8 nitrogen and oxygen atoms in total. The highest BCUT2D eigenvalue weighted by Gasteiger charge is 2.21. The number of amides is 1. The van der Waals surface area contributed by atoms with Crippen molar-refractivity contribution in [2.45, 2.75) is 6.92 Å². The molecule has 4 aromatic rings. The smallest absolute Gasteiger partial charge is 0.415 e. The number of rotatable bonds is 4. The summed E-state index contributed by atoms with van der Waals surface area (Å²) in [7, 11) is 3.57. The molecule has 168 valence electrons. The van der Waals surface area contributed by atoms with E-state index in [1.54, 1.807) is 29.3 Å². The maximum atomic E-state index is 12.7. The number of pyridine rings is 1. The lowest BCUT2D eigenvalue weighted by Gasteiger charge is -2.26. The van der Waals surface area contributed by atoms with E-state index in [0.717, 1.165) is 27.8 Å². The summed E-state index contributed by atoms with van der Waals surface area (Å²) in [6.45, 7) is 4.01. The van der Waals surface area contributed by atoms with E-state index in [1.807, 2.05) is 26.9 Å². The molecule has 1 fully saturated rings. The molecule has 0 radical (unpaired) electrons. The second kappa shape index (κ2) is 8.67. The maximum Gasteiger partial charge on any atom is 0.415 e. The number of carbonyl (C=O) groups excluding carboxylic acids is 1. The van der Waals surface area contributed by atoms with Crippen molar-refractivity contribution in [3.8, 4) is 23.0 Å². The number of carbonyl (C=O) groups is 1. The summed E-state index contributed by atoms with van der Waals surface area (Å²) in [4.78, 5) is 22.1. The first-order valence-corrected chi connectivity index (χ1v) is 10.8. The van der Waals surface area contributed by atoms with Crippen LogP contribution in [0.15, 0.2) is 42.6 Å². The van der Waals surface area contributed by atoms with Crippen molar-refractivity contribution in [1.29, 1.82) is 0 Å². The van der Waals surface area contributed by atoms with Gasteiger partial charge in [0.1, 0.15) is 19.3 Å². The van der Waals surface area contributed by atoms with E-state index < -0.39 is 6.09 Å². The molecule has 3 heterocycles. The summed E-state index contributed by atoms with van der Waals surface area (Å²) in [6.07, 6.45) is 1.25. The van der Waals surface area contributed by atoms with Crippen LogP contribution in [0.25, 0.3) is 21.8 Å². The monoisotopic (exact) mass is 445 g/mol. The van der Waals surface area contributed by atoms with Crippen LogP contribution in [-0.2, 0) is 4.74 Å². The number of ether oxygens (including phenoxy) is 4. The summed E-state index contributed by atoms with van der Waals surface area (Å²) in [5, 5.41) is 1.83. The fourth-order valence-electron chi connectivity index (χ4n) is 4.06. The molecule has 0 aliphatic carbocycles. The van der Waals surface area contributed by atoms with Crippen molar-refractivity contribution in [2.75, 3.05) is 33.4 Å². The van der Waals surface area contributed by atoms with Gasteiger partial charge in [-0.15, -0.1) is 0 Å². The third-order valence-electron chi connectivity index (χ3n) is 5.83. The number of fused-ring (bicyclic) bond motifs is 2. The molecule has 2 aromatic heterocycles. The highest BCUT2D eigenvalue weighted by molar-refractivity contribution is 6.40. The quantitative estimate of drug-likeness (QED) is 0.487. The molecule has 0 bridgehead atoms. The average molecular weight is 445 g/mol. The van der Waals surface area contributed by atoms with Gasteiger partial charge in [0.2, 0.25) is 0 Å². The number of benzene rings is 2. The SMILES string of the molecule is Bc1c(Oc2ccnc3cc(OC)c(OC(=O)N4CCOCC4)cc23)ccc2[nH]c(C)cc12. The molecule has 0 unspecified atom stereocenters. The molecular weight excluding hydrogens is 421 g/mol. The Balaban J connectivity index is 1.51. The Labute approximate surface area is 191 Å². The molecule has 1 aliphatic rings. The Morgan fingerprint density at radius 3 is 2.67 bits per heavy atom. The normalized spacial score (nSPS) is 13.9. The van der Waals surface area contributed by atoms with Crippen LogP contribution < -0.4 is 19.7 Å². The van der Waals surface area contributed by atoms with Crippen molar-refractivity contribution in [2.24, 2.45) is 0 Å². The van der Waals surface area contributed by atoms with Crippen molar-refractivity contribution >= 4 is 41.2 Å². The number of hydrogen-bond donors (Lipinski definition) is 1. The lowest BCUT2D eigenvalue weighted by Crippen LogP contribution is -2.42. The largest absolute Gasteiger partial charge is 0.493 e. The van der Waals surface area contributed by atoms with Crippen LogP contribution in [-0.4, -0.2) is 62.2 Å². The minimum absolute atomic E-state index is 0.313. The highest BCUT2D eigenvalue weighted by atomic mass is 16.6. The number of H-pyrrole nitrogens is 1. The zero-order chi connectivity index (χ0) is 22.9. The fourth-order valence-corrected chi connectivity index (χ4v) is 4.06. The lowest BCUT2D eigenvalue weighted by atomic mass is 9.91. The molecule has 1 amide bonds. The standard InChI is InChI=1S/C24H24BN3O5/c1-14-11-16-17(27-14)3-4-20(23(16)25)32-19-5-6-26-18-13-21(30-2)22(12-15(18)19)33-24(29)28-7-9-31-10-8-28/h3-6,11-13,27H,7-10,25H2,1-2H3. The van der Waals surface area contributed by atoms with E-state index in [4.69, 9.17) is 18.9 Å². The van der Waals surface area contributed by atoms with Crippen LogP contribution in [0.3, 0.4) is 0 Å². The second-order valence-electron chi connectivity index (χ2n) is 8.00. The molecule has 1 N–H and O–H groups in total. The van der Waals surface area contributed by atoms with Gasteiger partial charge >= 0.3 is 6.09 Å². The predicted molar refractivity (Wildman–Crippen MR) is 128 cm³/mol. The third kappa shape index (κ3) is 4.07. The predicted octanol–water partition coefficient (Wildman–Crippen LogP) is 2.91. The van der Waals surface area contributed by atoms with Crippen LogP contribution in [0.2, 0.25) is 0 Å². The van der Waals surface area contributed by atoms with Crippen molar-refractivity contribution < 1.29 is 23.7 Å². The zero-order valence-electron chi connectivity index (χ0n) is 18.8. The van der Waals surface area contributed by atoms with Gasteiger partial charge < -0.3 is 28.8 Å². The van der Waals surface area contributed by atoms with Crippen LogP contribution in [0.4, 0.5) is 4.79 Å². The van der Waals surface area contributed by atoms with Gasteiger partial charge in [0.05, 0.1) is 25.8 Å². The summed E-state index contributed by atoms with van der Waals surface area (Å²) in [6, 6.07) is 11.3. The number of hydrogen-bond acceptors (Lipinski definition) is 6. The first kappa shape index (κ1) is 21.1. The minimum atomic E-state index is -0.438. The number of aryl methyl sites for hydroxylation is 1. The number of nitrogens with one attached hydrogen (secondary N) is 1. The van der Waals surface area contributed by atoms with Gasteiger partial charge in [-0.05, 0) is 48.1 Å². The lowest BCUT2D eigenvalue weighted by molar-refractivity contribution is 0.0413. The van der Waals surface area contributed by atoms with E-state index in [2.05, 4.69) is 16.0 Å². The Hall–Kier alpha value is -3.72. The molecule has 0 saturated carbocycles. The number of nitrogens with zero attached hydrogens (tertiary/aromatic N) is 2. The first-order chi connectivity index (χ1) is 16.0. The molecule has 33 heavy (non-hydrogen) atoms. The molecule has 1 saturated heterocycles. The van der Waals surface area contributed by atoms with Gasteiger partial charge in [-0.2, -0.15) is 0 Å². The van der Waals surface area contributed by atoms with Crippen LogP contribution in [0.5, 0.6) is 23.0 Å². The average Bonchev–Trinajstić information content (AvgIpc) is 3.22. The van der Waals surface area contributed by atoms with Crippen LogP contribution >= 0.6 is 0 Å². The molecular formula is C24H24BN3O5. The molecule has 0 atom stereocenters. The maximum absolute atomic E-state index is 12.7. The van der Waals surface area contributed by atoms with Gasteiger partial charge in [0.15, 0.2) is 11.5 Å². The van der Waals surface area contributed by atoms with Crippen molar-refractivity contribution in [1.82, 2.24) is 14.9 Å². The Bertz CT molecular complexity index is 1350. The van der Waals surface area contributed by atoms with Gasteiger partial charge in [-0.1, -0.05) is 0 Å². The zero-order valence-corrected chi connectivity index (χ0v) is 18.8. The Morgan fingerprint density at radius 2 is 1.88 bits per heavy atom. The molecule has 9 heteroatoms. The van der Waals surface area contributed by atoms with E-state index >= 15 is 0 Å². The molecule has 5 rings (SSSR count). The summed E-state index contributed by atoms with van der Waals surface area (Å²) >= 11 is 0. The summed E-state index contributed by atoms with van der Waals surface area (Å²) < 4.78 is 22.8. The number of aromatic nitrogens is 2. The van der Waals surface area contributed by atoms with Gasteiger partial charge in [-0.25, -0.2) is 4.79 Å². The minimum Gasteiger partial charge on any atom is -0.493 e. The van der Waals surface area contributed by atoms with Gasteiger partial charge in [0.25, 0.3) is 0 Å². The summed E-state index contributed by atoms with van der Waals surface area (Å²) in [5.74, 6) is 2.10. The number of morpholine rings is 1. The summed E-state index contributed by atoms with van der Waals surface area (Å²) in [5.41, 5.74) is 3.87. The molecule has 1 aliphatic heterocycles. The van der Waals surface area contributed by atoms with Crippen LogP contribution in [0, 0.1) is 6.92 Å². The topological polar surface area (TPSA) is 85.9 Å². The van der Waals surface area contributed by atoms with Gasteiger partial charge in [0, 0.05) is 41.9 Å². The third-order valence-corrected chi connectivity index (χ3v) is 5.83. The Kier molecular flexibility index (Phi) is 5.56. The highest BCUT2D eigenvalue weighted by Crippen LogP contribution is 2.37. The fraction of sp³-hybridized carbons (Fsp3) is 0.250. The molecule has 2 aromatic carbocycles. The van der Waals surface area contributed by atoms with E-state index in [0.29, 0.717) is 54.5 Å². The van der Waals surface area contributed by atoms with Crippen molar-refractivity contribution in [3.05, 3.63) is 48.3 Å². The van der Waals surface area contributed by atoms with Crippen molar-refractivity contribution in [3.63, 3.8) is 0 Å². The number of methoxy groups -OCH3 is 1. The number of aromatic amines is 1. The first-order valence-electron chi connectivity index (χ1n) is 10.8. The Morgan fingerprint density at radius 1 is 1.06 bits per heavy atom. The second-order valence-corrected chi connectivity index (χ2v) is 8.00. The van der Waals surface area contributed by atoms with E-state index in [9.17, 15) is 4.79 Å². The van der Waals surface area contributed by atoms with Gasteiger partial charge in [-0.3, -0.25) is 4.98 Å². The van der Waals surface area contributed by atoms with Crippen LogP contribution in [0.1, 0.15) is 5.69 Å². The van der Waals surface area contributed by atoms with E-state index in [1.165, 1.54) is 7.11 Å². The molecule has 0 spiro atoms.